The Bertz CT molecular complexity index is 1130. The first-order chi connectivity index (χ1) is 13.7. The summed E-state index contributed by atoms with van der Waals surface area (Å²) in [6.07, 6.45) is 3.48. The van der Waals surface area contributed by atoms with E-state index in [1.807, 2.05) is 70.2 Å². The third-order valence-electron chi connectivity index (χ3n) is 3.95. The predicted octanol–water partition coefficient (Wildman–Crippen LogP) is 3.21. The van der Waals surface area contributed by atoms with E-state index in [4.69, 9.17) is 4.42 Å². The van der Waals surface area contributed by atoms with Crippen molar-refractivity contribution in [2.24, 2.45) is 12.0 Å². The van der Waals surface area contributed by atoms with Gasteiger partial charge in [-0.05, 0) is 17.7 Å². The molecule has 0 aliphatic carbocycles. The zero-order chi connectivity index (χ0) is 19.3. The first kappa shape index (κ1) is 18.5. The van der Waals surface area contributed by atoms with Crippen LogP contribution in [0.3, 0.4) is 0 Å². The Morgan fingerprint density at radius 1 is 1.21 bits per heavy atom. The predicted molar refractivity (Wildman–Crippen MR) is 108 cm³/mol. The number of furan rings is 1. The summed E-state index contributed by atoms with van der Waals surface area (Å²) in [5.41, 5.74) is 1.11. The second kappa shape index (κ2) is 8.41. The average molecular weight is 412 g/mol. The van der Waals surface area contributed by atoms with Gasteiger partial charge in [-0.1, -0.05) is 42.1 Å². The van der Waals surface area contributed by atoms with Crippen LogP contribution >= 0.6 is 23.1 Å². The second-order valence-corrected chi connectivity index (χ2v) is 7.76. The van der Waals surface area contributed by atoms with Gasteiger partial charge in [-0.25, -0.2) is 0 Å². The van der Waals surface area contributed by atoms with E-state index in [9.17, 15) is 4.79 Å². The van der Waals surface area contributed by atoms with Crippen LogP contribution in [0.25, 0.3) is 11.6 Å². The second-order valence-electron chi connectivity index (χ2n) is 5.95. The number of thiazole rings is 1. The normalized spacial score (nSPS) is 11.8. The number of carbonyl (C=O) groups is 1. The van der Waals surface area contributed by atoms with Gasteiger partial charge in [0.25, 0.3) is 5.91 Å². The molecule has 0 saturated heterocycles. The lowest BCUT2D eigenvalue weighted by molar-refractivity contribution is -0.115. The largest absolute Gasteiger partial charge is 0.461 e. The molecule has 1 amide bonds. The summed E-state index contributed by atoms with van der Waals surface area (Å²) in [5, 5.41) is 11.1. The molecule has 0 radical (unpaired) electrons. The van der Waals surface area contributed by atoms with Crippen LogP contribution in [-0.2, 0) is 18.4 Å². The standard InChI is InChI=1S/C19H17N5O2S2/c1-23-9-11-27-18(23)20-16(25)13-28-19-22-21-17(15-8-5-10-26-15)24(19)12-14-6-3-2-4-7-14/h2-11H,12-13H2,1H3. The number of rotatable bonds is 6. The fraction of sp³-hybridized carbons (Fsp3) is 0.158. The molecule has 0 N–H and O–H groups in total. The van der Waals surface area contributed by atoms with Crippen LogP contribution < -0.4 is 4.80 Å². The van der Waals surface area contributed by atoms with Crippen molar-refractivity contribution in [3.8, 4) is 11.6 Å². The number of nitrogens with zero attached hydrogens (tertiary/aromatic N) is 5. The number of aromatic nitrogens is 4. The zero-order valence-corrected chi connectivity index (χ0v) is 16.7. The fourth-order valence-corrected chi connectivity index (χ4v) is 4.06. The molecule has 0 aliphatic rings. The highest BCUT2D eigenvalue weighted by Gasteiger charge is 2.17. The lowest BCUT2D eigenvalue weighted by atomic mass is 10.2. The molecule has 0 bridgehead atoms. The van der Waals surface area contributed by atoms with E-state index in [1.165, 1.54) is 23.1 Å². The number of carbonyl (C=O) groups excluding carboxylic acids is 1. The van der Waals surface area contributed by atoms with Crippen molar-refractivity contribution in [3.63, 3.8) is 0 Å². The Morgan fingerprint density at radius 2 is 2.07 bits per heavy atom. The van der Waals surface area contributed by atoms with Gasteiger partial charge < -0.3 is 8.98 Å². The van der Waals surface area contributed by atoms with Crippen LogP contribution in [0.2, 0.25) is 0 Å². The smallest absolute Gasteiger partial charge is 0.258 e. The van der Waals surface area contributed by atoms with Crippen molar-refractivity contribution in [1.29, 1.82) is 0 Å². The molecule has 0 spiro atoms. The van der Waals surface area contributed by atoms with Gasteiger partial charge in [-0.3, -0.25) is 9.36 Å². The van der Waals surface area contributed by atoms with Crippen molar-refractivity contribution >= 4 is 29.0 Å². The molecule has 7 nitrogen and oxygen atoms in total. The van der Waals surface area contributed by atoms with E-state index in [2.05, 4.69) is 15.2 Å². The molecule has 142 valence electrons. The number of amides is 1. The van der Waals surface area contributed by atoms with Crippen LogP contribution in [0.5, 0.6) is 0 Å². The minimum Gasteiger partial charge on any atom is -0.461 e. The molecule has 28 heavy (non-hydrogen) atoms. The van der Waals surface area contributed by atoms with E-state index in [0.717, 1.165) is 5.56 Å². The molecule has 3 heterocycles. The number of benzene rings is 1. The molecule has 0 unspecified atom stereocenters. The number of aryl methyl sites for hydroxylation is 1. The lowest BCUT2D eigenvalue weighted by Gasteiger charge is -2.08. The topological polar surface area (TPSA) is 78.2 Å². The molecule has 0 aliphatic heterocycles. The minimum absolute atomic E-state index is 0.184. The van der Waals surface area contributed by atoms with Gasteiger partial charge >= 0.3 is 0 Å². The first-order valence-corrected chi connectivity index (χ1v) is 10.4. The summed E-state index contributed by atoms with van der Waals surface area (Å²) in [4.78, 5) is 17.1. The van der Waals surface area contributed by atoms with Gasteiger partial charge in [-0.2, -0.15) is 4.99 Å². The first-order valence-electron chi connectivity index (χ1n) is 8.52. The highest BCUT2D eigenvalue weighted by Crippen LogP contribution is 2.25. The van der Waals surface area contributed by atoms with E-state index < -0.39 is 0 Å². The molecule has 0 saturated carbocycles. The van der Waals surface area contributed by atoms with Crippen molar-refractivity contribution in [2.75, 3.05) is 5.75 Å². The van der Waals surface area contributed by atoms with Crippen LogP contribution in [0, 0.1) is 0 Å². The Morgan fingerprint density at radius 3 is 2.79 bits per heavy atom. The van der Waals surface area contributed by atoms with Gasteiger partial charge in [0.05, 0.1) is 18.6 Å². The van der Waals surface area contributed by atoms with Crippen LogP contribution in [0.15, 0.2) is 74.9 Å². The molecular weight excluding hydrogens is 394 g/mol. The number of hydrogen-bond acceptors (Lipinski definition) is 6. The van der Waals surface area contributed by atoms with Crippen LogP contribution in [-0.4, -0.2) is 31.0 Å². The molecular formula is C19H17N5O2S2. The molecule has 0 atom stereocenters. The number of thioether (sulfide) groups is 1. The quantitative estimate of drug-likeness (QED) is 0.455. The maximum Gasteiger partial charge on any atom is 0.258 e. The summed E-state index contributed by atoms with van der Waals surface area (Å²) in [5.74, 6) is 1.24. The molecule has 4 aromatic rings. The van der Waals surface area contributed by atoms with Crippen LogP contribution in [0.4, 0.5) is 0 Å². The van der Waals surface area contributed by atoms with Crippen molar-refractivity contribution in [1.82, 2.24) is 19.3 Å². The highest BCUT2D eigenvalue weighted by atomic mass is 32.2. The molecule has 4 rings (SSSR count). The van der Waals surface area contributed by atoms with Gasteiger partial charge in [0.2, 0.25) is 5.82 Å². The molecule has 3 aromatic heterocycles. The summed E-state index contributed by atoms with van der Waals surface area (Å²) in [6.45, 7) is 0.581. The average Bonchev–Trinajstić information content (AvgIpc) is 3.44. The van der Waals surface area contributed by atoms with E-state index in [-0.39, 0.29) is 11.7 Å². The van der Waals surface area contributed by atoms with Gasteiger partial charge in [0.15, 0.2) is 15.7 Å². The van der Waals surface area contributed by atoms with E-state index in [0.29, 0.717) is 28.1 Å². The van der Waals surface area contributed by atoms with Gasteiger partial charge in [-0.15, -0.1) is 21.5 Å². The van der Waals surface area contributed by atoms with Crippen molar-refractivity contribution < 1.29 is 9.21 Å². The summed E-state index contributed by atoms with van der Waals surface area (Å²) >= 11 is 2.75. The van der Waals surface area contributed by atoms with E-state index in [1.54, 1.807) is 6.26 Å². The monoisotopic (exact) mass is 411 g/mol. The summed E-state index contributed by atoms with van der Waals surface area (Å²) < 4.78 is 9.28. The van der Waals surface area contributed by atoms with Crippen molar-refractivity contribution in [3.05, 3.63) is 70.7 Å². The molecule has 0 fully saturated rings. The zero-order valence-electron chi connectivity index (χ0n) is 15.1. The number of hydrogen-bond donors (Lipinski definition) is 0. The molecule has 9 heteroatoms. The van der Waals surface area contributed by atoms with E-state index >= 15 is 0 Å². The third kappa shape index (κ3) is 4.15. The summed E-state index contributed by atoms with van der Waals surface area (Å²) in [6, 6.07) is 13.7. The Balaban J connectivity index is 1.58. The maximum absolute atomic E-state index is 12.3. The summed E-state index contributed by atoms with van der Waals surface area (Å²) in [7, 11) is 1.86. The Hall–Kier alpha value is -2.91. The minimum atomic E-state index is -0.211. The van der Waals surface area contributed by atoms with Gasteiger partial charge in [0, 0.05) is 18.6 Å². The lowest BCUT2D eigenvalue weighted by Crippen LogP contribution is -2.13. The highest BCUT2D eigenvalue weighted by molar-refractivity contribution is 7.99. The van der Waals surface area contributed by atoms with Crippen molar-refractivity contribution in [2.45, 2.75) is 11.7 Å². The SMILES string of the molecule is Cn1ccsc1=NC(=O)CSc1nnc(-c2ccco2)n1Cc1ccccc1. The third-order valence-corrected chi connectivity index (χ3v) is 5.75. The van der Waals surface area contributed by atoms with Gasteiger partial charge in [0.1, 0.15) is 0 Å². The van der Waals surface area contributed by atoms with Crippen LogP contribution in [0.1, 0.15) is 5.56 Å². The Kier molecular flexibility index (Phi) is 5.54. The fourth-order valence-electron chi connectivity index (χ4n) is 2.59. The maximum atomic E-state index is 12.3. The molecule has 1 aromatic carbocycles. The Labute approximate surface area is 169 Å².